The molecule has 43 heavy (non-hydrogen) atoms. The number of hydrogen-bond acceptors (Lipinski definition) is 6. The first-order valence-corrected chi connectivity index (χ1v) is 16.6. The summed E-state index contributed by atoms with van der Waals surface area (Å²) in [6, 6.07) is 0. The number of anilines is 1. The van der Waals surface area contributed by atoms with Crippen LogP contribution < -0.4 is 5.32 Å². The zero-order valence-corrected chi connectivity index (χ0v) is 27.5. The Balaban J connectivity index is 1.39. The van der Waals surface area contributed by atoms with Crippen molar-refractivity contribution in [1.82, 2.24) is 9.97 Å². The fourth-order valence-corrected chi connectivity index (χ4v) is 11.9. The summed E-state index contributed by atoms with van der Waals surface area (Å²) < 4.78 is 5.91. The van der Waals surface area contributed by atoms with E-state index in [0.717, 1.165) is 56.1 Å². The SMILES string of the molecule is CC(=O)O[C@H]1CC[C@@]2(C)C(CC[C@]3(C)C2CCC2C4=C(C(C)C)C(=O)C[C@]4(C(=O)Nc4cncnc4)CC[C@]23C)C1(C)C. The predicted molar refractivity (Wildman–Crippen MR) is 166 cm³/mol. The van der Waals surface area contributed by atoms with Gasteiger partial charge in [0.05, 0.1) is 23.5 Å². The van der Waals surface area contributed by atoms with Crippen LogP contribution in [0.4, 0.5) is 5.69 Å². The highest BCUT2D eigenvalue weighted by atomic mass is 16.5. The van der Waals surface area contributed by atoms with Gasteiger partial charge in [-0.05, 0) is 102 Å². The monoisotopic (exact) mass is 589 g/mol. The van der Waals surface area contributed by atoms with Gasteiger partial charge in [0.1, 0.15) is 12.4 Å². The summed E-state index contributed by atoms with van der Waals surface area (Å²) >= 11 is 0. The van der Waals surface area contributed by atoms with Crippen molar-refractivity contribution in [1.29, 1.82) is 0 Å². The van der Waals surface area contributed by atoms with E-state index in [2.05, 4.69) is 63.8 Å². The molecular formula is C36H51N3O4. The minimum absolute atomic E-state index is 0.0134. The molecule has 1 aromatic heterocycles. The molecule has 3 unspecified atom stereocenters. The van der Waals surface area contributed by atoms with Gasteiger partial charge in [0.25, 0.3) is 0 Å². The first-order chi connectivity index (χ1) is 20.1. The van der Waals surface area contributed by atoms with Gasteiger partial charge in [-0.2, -0.15) is 0 Å². The molecule has 0 saturated heterocycles. The van der Waals surface area contributed by atoms with E-state index in [1.807, 2.05) is 0 Å². The number of rotatable bonds is 4. The minimum Gasteiger partial charge on any atom is -0.462 e. The molecule has 4 fully saturated rings. The van der Waals surface area contributed by atoms with E-state index >= 15 is 0 Å². The van der Waals surface area contributed by atoms with E-state index in [4.69, 9.17) is 4.74 Å². The molecule has 0 bridgehead atoms. The number of aromatic nitrogens is 2. The van der Waals surface area contributed by atoms with Crippen molar-refractivity contribution < 1.29 is 19.1 Å². The molecule has 1 aromatic rings. The van der Waals surface area contributed by atoms with Crippen LogP contribution in [0.5, 0.6) is 0 Å². The first kappa shape index (κ1) is 30.5. The molecule has 5 aliphatic rings. The zero-order valence-electron chi connectivity index (χ0n) is 27.5. The third kappa shape index (κ3) is 4.15. The van der Waals surface area contributed by atoms with E-state index in [-0.39, 0.29) is 63.7 Å². The maximum Gasteiger partial charge on any atom is 0.302 e. The molecule has 5 aliphatic carbocycles. The van der Waals surface area contributed by atoms with Crippen molar-refractivity contribution in [3.63, 3.8) is 0 Å². The summed E-state index contributed by atoms with van der Waals surface area (Å²) in [5.41, 5.74) is 1.99. The molecule has 8 atom stereocenters. The summed E-state index contributed by atoms with van der Waals surface area (Å²) in [4.78, 5) is 48.2. The highest BCUT2D eigenvalue weighted by Gasteiger charge is 2.71. The Morgan fingerprint density at radius 1 is 0.907 bits per heavy atom. The van der Waals surface area contributed by atoms with Crippen LogP contribution in [0.2, 0.25) is 0 Å². The normalized spacial score (nSPS) is 41.6. The van der Waals surface area contributed by atoms with Gasteiger partial charge in [-0.1, -0.05) is 48.5 Å². The van der Waals surface area contributed by atoms with Crippen LogP contribution in [0.25, 0.3) is 0 Å². The summed E-state index contributed by atoms with van der Waals surface area (Å²) in [7, 11) is 0. The Hall–Kier alpha value is -2.57. The van der Waals surface area contributed by atoms with Gasteiger partial charge in [-0.15, -0.1) is 0 Å². The van der Waals surface area contributed by atoms with Gasteiger partial charge in [0.2, 0.25) is 5.91 Å². The van der Waals surface area contributed by atoms with Crippen LogP contribution in [-0.2, 0) is 19.1 Å². The number of Topliss-reactive ketones (excluding diaryl/α,β-unsaturated/α-hetero) is 1. The Morgan fingerprint density at radius 3 is 2.26 bits per heavy atom. The largest absolute Gasteiger partial charge is 0.462 e. The number of nitrogens with zero attached hydrogens (tertiary/aromatic N) is 2. The second-order valence-corrected chi connectivity index (χ2v) is 16.3. The molecule has 0 radical (unpaired) electrons. The number of carbonyl (C=O) groups excluding carboxylic acids is 3. The average Bonchev–Trinajstić information content (AvgIpc) is 3.24. The number of amides is 1. The number of esters is 1. The molecule has 1 N–H and O–H groups in total. The molecule has 0 aliphatic heterocycles. The maximum atomic E-state index is 14.3. The molecule has 7 nitrogen and oxygen atoms in total. The summed E-state index contributed by atoms with van der Waals surface area (Å²) in [6.45, 7) is 18.0. The molecule has 1 heterocycles. The summed E-state index contributed by atoms with van der Waals surface area (Å²) in [5, 5.41) is 3.11. The standard InChI is InChI=1S/C36H51N3O4/c1-21(2)29-25(41)17-36(31(42)39-23-18-37-20-38-19-23)16-15-34(7)24(30(29)36)9-10-27-33(6)13-12-28(43-22(3)40)32(4,5)26(33)11-14-35(27,34)8/h18-21,24,26-28H,9-17H2,1-8H3,(H,39,42)/t24?,26?,27?,28-,33-,34+,35+,36+/m0/s1. The summed E-state index contributed by atoms with van der Waals surface area (Å²) in [5.74, 6) is 1.21. The lowest BCUT2D eigenvalue weighted by Gasteiger charge is -2.72. The van der Waals surface area contributed by atoms with Crippen LogP contribution in [0.1, 0.15) is 113 Å². The number of hydrogen-bond donors (Lipinski definition) is 1. The van der Waals surface area contributed by atoms with Gasteiger partial charge in [0, 0.05) is 18.8 Å². The van der Waals surface area contributed by atoms with Crippen molar-refractivity contribution in [3.05, 3.63) is 29.9 Å². The number of fused-ring (bicyclic) bond motifs is 7. The second-order valence-electron chi connectivity index (χ2n) is 16.3. The van der Waals surface area contributed by atoms with Crippen molar-refractivity contribution in [3.8, 4) is 0 Å². The number of nitrogens with one attached hydrogen (secondary N) is 1. The number of ketones is 1. The van der Waals surface area contributed by atoms with Crippen LogP contribution >= 0.6 is 0 Å². The molecule has 1 amide bonds. The van der Waals surface area contributed by atoms with Crippen LogP contribution in [-0.4, -0.2) is 33.7 Å². The highest BCUT2D eigenvalue weighted by molar-refractivity contribution is 6.09. The number of ether oxygens (including phenoxy) is 1. The highest BCUT2D eigenvalue weighted by Crippen LogP contribution is 2.76. The van der Waals surface area contributed by atoms with E-state index < -0.39 is 5.41 Å². The Labute approximate surface area is 257 Å². The van der Waals surface area contributed by atoms with E-state index in [1.165, 1.54) is 13.3 Å². The second kappa shape index (κ2) is 9.97. The van der Waals surface area contributed by atoms with Crippen LogP contribution in [0.3, 0.4) is 0 Å². The quantitative estimate of drug-likeness (QED) is 0.369. The molecule has 0 aromatic carbocycles. The lowest BCUT2D eigenvalue weighted by Crippen LogP contribution is -2.66. The zero-order chi connectivity index (χ0) is 31.2. The van der Waals surface area contributed by atoms with Gasteiger partial charge in [-0.25, -0.2) is 9.97 Å². The van der Waals surface area contributed by atoms with Crippen molar-refractivity contribution in [2.75, 3.05) is 5.32 Å². The number of allylic oxidation sites excluding steroid dienone is 1. The average molecular weight is 590 g/mol. The lowest BCUT2D eigenvalue weighted by molar-refractivity contribution is -0.232. The molecule has 234 valence electrons. The van der Waals surface area contributed by atoms with Gasteiger partial charge in [0.15, 0.2) is 5.78 Å². The smallest absolute Gasteiger partial charge is 0.302 e. The third-order valence-corrected chi connectivity index (χ3v) is 13.9. The topological polar surface area (TPSA) is 98.2 Å². The van der Waals surface area contributed by atoms with Crippen molar-refractivity contribution in [2.45, 2.75) is 119 Å². The van der Waals surface area contributed by atoms with E-state index in [9.17, 15) is 14.4 Å². The molecule has 0 spiro atoms. The van der Waals surface area contributed by atoms with E-state index in [1.54, 1.807) is 12.4 Å². The van der Waals surface area contributed by atoms with E-state index in [0.29, 0.717) is 23.9 Å². The first-order valence-electron chi connectivity index (χ1n) is 16.6. The molecule has 4 saturated carbocycles. The van der Waals surface area contributed by atoms with Gasteiger partial charge in [-0.3, -0.25) is 14.4 Å². The minimum atomic E-state index is -0.801. The van der Waals surface area contributed by atoms with Crippen molar-refractivity contribution in [2.24, 2.45) is 50.7 Å². The van der Waals surface area contributed by atoms with Gasteiger partial charge < -0.3 is 10.1 Å². The predicted octanol–water partition coefficient (Wildman–Crippen LogP) is 7.33. The third-order valence-electron chi connectivity index (χ3n) is 13.9. The Morgan fingerprint density at radius 2 is 1.60 bits per heavy atom. The summed E-state index contributed by atoms with van der Waals surface area (Å²) in [6.07, 6.45) is 12.9. The fourth-order valence-electron chi connectivity index (χ4n) is 11.9. The lowest BCUT2D eigenvalue weighted by atomic mass is 9.33. The van der Waals surface area contributed by atoms with Crippen LogP contribution in [0.15, 0.2) is 29.9 Å². The fraction of sp³-hybridized carbons (Fsp3) is 0.750. The molecule has 6 rings (SSSR count). The maximum absolute atomic E-state index is 14.3. The van der Waals surface area contributed by atoms with Crippen molar-refractivity contribution >= 4 is 23.3 Å². The molecular weight excluding hydrogens is 538 g/mol. The molecule has 7 heteroatoms. The number of carbonyl (C=O) groups is 3. The Bertz CT molecular complexity index is 1370. The van der Waals surface area contributed by atoms with Gasteiger partial charge >= 0.3 is 5.97 Å². The Kier molecular flexibility index (Phi) is 7.06. The van der Waals surface area contributed by atoms with Crippen LogP contribution in [0, 0.1) is 50.7 Å².